The first-order valence-electron chi connectivity index (χ1n) is 8.82. The Hall–Kier alpha value is -1.55. The number of carbonyl (C=O) groups is 1. The molecule has 5 nitrogen and oxygen atoms in total. The summed E-state index contributed by atoms with van der Waals surface area (Å²) >= 11 is 1.73. The van der Waals surface area contributed by atoms with E-state index in [1.165, 1.54) is 5.56 Å². The van der Waals surface area contributed by atoms with Crippen molar-refractivity contribution in [3.63, 3.8) is 0 Å². The molecule has 2 aliphatic rings. The number of nitrogens with zero attached hydrogens (tertiary/aromatic N) is 3. The van der Waals surface area contributed by atoms with E-state index in [1.807, 2.05) is 24.3 Å². The second-order valence-corrected chi connectivity index (χ2v) is 8.02. The number of nitriles is 1. The van der Waals surface area contributed by atoms with E-state index in [0.29, 0.717) is 17.9 Å². The zero-order valence-electron chi connectivity index (χ0n) is 14.9. The Bertz CT molecular complexity index is 633. The largest absolute Gasteiger partial charge is 0.373 e. The third-order valence-electron chi connectivity index (χ3n) is 4.64. The predicted octanol–water partition coefficient (Wildman–Crippen LogP) is 2.38. The van der Waals surface area contributed by atoms with Crippen molar-refractivity contribution in [1.82, 2.24) is 9.80 Å². The van der Waals surface area contributed by atoms with Crippen LogP contribution >= 0.6 is 11.8 Å². The van der Waals surface area contributed by atoms with Gasteiger partial charge in [-0.25, -0.2) is 0 Å². The number of ether oxygens (including phenoxy) is 1. The van der Waals surface area contributed by atoms with Crippen molar-refractivity contribution >= 4 is 17.7 Å². The Morgan fingerprint density at radius 1 is 1.28 bits per heavy atom. The van der Waals surface area contributed by atoms with E-state index in [9.17, 15) is 10.1 Å². The molecule has 0 aliphatic carbocycles. The molecule has 6 heteroatoms. The summed E-state index contributed by atoms with van der Waals surface area (Å²) in [5.74, 6) is 1.57. The van der Waals surface area contributed by atoms with Crippen LogP contribution in [0, 0.1) is 11.3 Å². The van der Waals surface area contributed by atoms with Crippen LogP contribution in [0.4, 0.5) is 0 Å². The summed E-state index contributed by atoms with van der Waals surface area (Å²) in [6.45, 7) is 7.58. The fraction of sp³-hybridized carbons (Fsp3) is 0.579. The van der Waals surface area contributed by atoms with Crippen LogP contribution < -0.4 is 0 Å². The van der Waals surface area contributed by atoms with Crippen LogP contribution in [0.15, 0.2) is 24.3 Å². The molecular weight excluding hydrogens is 334 g/mol. The molecule has 1 aromatic carbocycles. The van der Waals surface area contributed by atoms with Gasteiger partial charge in [-0.15, -0.1) is 0 Å². The molecule has 2 aliphatic heterocycles. The second kappa shape index (κ2) is 8.22. The minimum atomic E-state index is -0.317. The Morgan fingerprint density at radius 3 is 2.60 bits per heavy atom. The number of benzene rings is 1. The number of amides is 1. The van der Waals surface area contributed by atoms with Crippen LogP contribution in [-0.4, -0.2) is 65.1 Å². The highest BCUT2D eigenvalue weighted by Gasteiger charge is 2.27. The Morgan fingerprint density at radius 2 is 1.96 bits per heavy atom. The maximum atomic E-state index is 12.7. The van der Waals surface area contributed by atoms with Crippen molar-refractivity contribution in [2.24, 2.45) is 0 Å². The van der Waals surface area contributed by atoms with E-state index in [4.69, 9.17) is 4.74 Å². The molecule has 1 aromatic rings. The lowest BCUT2D eigenvalue weighted by atomic mass is 10.1. The van der Waals surface area contributed by atoms with Crippen molar-refractivity contribution in [2.45, 2.75) is 38.6 Å². The smallest absolute Gasteiger partial charge is 0.254 e. The SMILES string of the molecule is CC1CN(Cc2ccc(C(=O)N3CCSCC3C#N)cc2)CC(C)O1. The zero-order chi connectivity index (χ0) is 17.8. The van der Waals surface area contributed by atoms with Crippen LogP contribution in [0.3, 0.4) is 0 Å². The topological polar surface area (TPSA) is 56.6 Å². The van der Waals surface area contributed by atoms with Gasteiger partial charge in [0.05, 0.1) is 18.3 Å². The van der Waals surface area contributed by atoms with Crippen LogP contribution in [0.2, 0.25) is 0 Å². The summed E-state index contributed by atoms with van der Waals surface area (Å²) in [5, 5.41) is 9.25. The fourth-order valence-corrected chi connectivity index (χ4v) is 4.51. The van der Waals surface area contributed by atoms with Crippen molar-refractivity contribution in [1.29, 1.82) is 5.26 Å². The molecule has 0 aromatic heterocycles. The summed E-state index contributed by atoms with van der Waals surface area (Å²) in [6.07, 6.45) is 0.508. The molecule has 2 fully saturated rings. The molecule has 3 unspecified atom stereocenters. The van der Waals surface area contributed by atoms with Crippen LogP contribution in [0.25, 0.3) is 0 Å². The average Bonchev–Trinajstić information content (AvgIpc) is 2.61. The van der Waals surface area contributed by atoms with Gasteiger partial charge in [0.2, 0.25) is 0 Å². The van der Waals surface area contributed by atoms with E-state index in [2.05, 4.69) is 24.8 Å². The van der Waals surface area contributed by atoms with E-state index in [-0.39, 0.29) is 24.2 Å². The fourth-order valence-electron chi connectivity index (χ4n) is 3.54. The summed E-state index contributed by atoms with van der Waals surface area (Å²) in [4.78, 5) is 16.8. The minimum Gasteiger partial charge on any atom is -0.373 e. The first-order chi connectivity index (χ1) is 12.1. The predicted molar refractivity (Wildman–Crippen MR) is 99.5 cm³/mol. The lowest BCUT2D eigenvalue weighted by Gasteiger charge is -2.35. The molecule has 25 heavy (non-hydrogen) atoms. The number of morpholine rings is 1. The third kappa shape index (κ3) is 4.55. The number of hydrogen-bond donors (Lipinski definition) is 0. The quantitative estimate of drug-likeness (QED) is 0.829. The molecule has 2 heterocycles. The van der Waals surface area contributed by atoms with E-state index in [1.54, 1.807) is 16.7 Å². The monoisotopic (exact) mass is 359 g/mol. The van der Waals surface area contributed by atoms with E-state index >= 15 is 0 Å². The lowest BCUT2D eigenvalue weighted by molar-refractivity contribution is -0.0704. The van der Waals surface area contributed by atoms with Gasteiger partial charge in [0.15, 0.2) is 0 Å². The molecule has 3 rings (SSSR count). The van der Waals surface area contributed by atoms with Gasteiger partial charge in [0.25, 0.3) is 5.91 Å². The molecule has 0 saturated carbocycles. The third-order valence-corrected chi connectivity index (χ3v) is 5.66. The Balaban J connectivity index is 1.63. The molecule has 0 bridgehead atoms. The maximum absolute atomic E-state index is 12.7. The van der Waals surface area contributed by atoms with Gasteiger partial charge in [-0.1, -0.05) is 12.1 Å². The molecule has 2 saturated heterocycles. The standard InChI is InChI=1S/C19H25N3O2S/c1-14-10-21(11-15(2)24-14)12-16-3-5-17(6-4-16)19(23)22-7-8-25-13-18(22)9-20/h3-6,14-15,18H,7-8,10-13H2,1-2H3. The molecular formula is C19H25N3O2S. The van der Waals surface area contributed by atoms with Crippen LogP contribution in [-0.2, 0) is 11.3 Å². The number of hydrogen-bond acceptors (Lipinski definition) is 5. The zero-order valence-corrected chi connectivity index (χ0v) is 15.7. The van der Waals surface area contributed by atoms with Crippen molar-refractivity contribution < 1.29 is 9.53 Å². The highest BCUT2D eigenvalue weighted by atomic mass is 32.2. The van der Waals surface area contributed by atoms with Gasteiger partial charge in [-0.05, 0) is 31.5 Å². The van der Waals surface area contributed by atoms with Gasteiger partial charge in [0, 0.05) is 43.2 Å². The first-order valence-corrected chi connectivity index (χ1v) is 9.97. The number of thioether (sulfide) groups is 1. The van der Waals surface area contributed by atoms with E-state index < -0.39 is 0 Å². The van der Waals surface area contributed by atoms with Gasteiger partial charge >= 0.3 is 0 Å². The van der Waals surface area contributed by atoms with Gasteiger partial charge in [-0.2, -0.15) is 17.0 Å². The molecule has 0 spiro atoms. The van der Waals surface area contributed by atoms with Gasteiger partial charge < -0.3 is 9.64 Å². The van der Waals surface area contributed by atoms with Crippen molar-refractivity contribution in [3.05, 3.63) is 35.4 Å². The minimum absolute atomic E-state index is 0.0352. The Kier molecular flexibility index (Phi) is 6.00. The number of carbonyl (C=O) groups excluding carboxylic acids is 1. The van der Waals surface area contributed by atoms with Gasteiger partial charge in [0.1, 0.15) is 6.04 Å². The maximum Gasteiger partial charge on any atom is 0.254 e. The highest BCUT2D eigenvalue weighted by Crippen LogP contribution is 2.20. The van der Waals surface area contributed by atoms with Gasteiger partial charge in [-0.3, -0.25) is 9.69 Å². The Labute approximate surface area is 153 Å². The second-order valence-electron chi connectivity index (χ2n) is 6.87. The summed E-state index contributed by atoms with van der Waals surface area (Å²) in [6, 6.07) is 9.76. The first kappa shape index (κ1) is 18.2. The normalized spacial score (nSPS) is 27.7. The molecule has 1 amide bonds. The van der Waals surface area contributed by atoms with Crippen molar-refractivity contribution in [3.8, 4) is 6.07 Å². The van der Waals surface area contributed by atoms with Crippen LogP contribution in [0.5, 0.6) is 0 Å². The molecule has 0 radical (unpaired) electrons. The van der Waals surface area contributed by atoms with Crippen molar-refractivity contribution in [2.75, 3.05) is 31.1 Å². The van der Waals surface area contributed by atoms with E-state index in [0.717, 1.165) is 25.4 Å². The molecule has 0 N–H and O–H groups in total. The average molecular weight is 359 g/mol. The van der Waals surface area contributed by atoms with Crippen LogP contribution in [0.1, 0.15) is 29.8 Å². The summed E-state index contributed by atoms with van der Waals surface area (Å²) in [5.41, 5.74) is 1.86. The molecule has 134 valence electrons. The molecule has 3 atom stereocenters. The number of rotatable bonds is 3. The summed E-state index contributed by atoms with van der Waals surface area (Å²) in [7, 11) is 0. The summed E-state index contributed by atoms with van der Waals surface area (Å²) < 4.78 is 5.77. The lowest BCUT2D eigenvalue weighted by Crippen LogP contribution is -2.45. The highest BCUT2D eigenvalue weighted by molar-refractivity contribution is 7.99.